The number of aryl methyl sites for hydroxylation is 1. The Morgan fingerprint density at radius 1 is 1.00 bits per heavy atom. The van der Waals surface area contributed by atoms with E-state index in [1.165, 1.54) is 18.1 Å². The van der Waals surface area contributed by atoms with Crippen LogP contribution in [0.15, 0.2) is 48.5 Å². The van der Waals surface area contributed by atoms with Crippen LogP contribution in [0.4, 0.5) is 11.4 Å². The summed E-state index contributed by atoms with van der Waals surface area (Å²) in [4.78, 5) is 37.3. The molecule has 7 heteroatoms. The second-order valence-electron chi connectivity index (χ2n) is 6.70. The van der Waals surface area contributed by atoms with Crippen LogP contribution in [-0.2, 0) is 20.1 Å². The van der Waals surface area contributed by atoms with Crippen molar-refractivity contribution < 1.29 is 14.4 Å². The third-order valence-electron chi connectivity index (χ3n) is 4.13. The Balaban J connectivity index is 1.80. The van der Waals surface area contributed by atoms with E-state index in [9.17, 15) is 14.4 Å². The van der Waals surface area contributed by atoms with Crippen molar-refractivity contribution in [2.75, 3.05) is 29.5 Å². The number of nitrogens with zero attached hydrogens (tertiary/aromatic N) is 1. The molecular weight excluding hydrogens is 386 g/mol. The van der Waals surface area contributed by atoms with Gasteiger partial charge in [-0.2, -0.15) is 0 Å². The Labute approximate surface area is 176 Å². The van der Waals surface area contributed by atoms with Gasteiger partial charge in [-0.3, -0.25) is 14.4 Å². The molecule has 0 fully saturated rings. The van der Waals surface area contributed by atoms with Crippen molar-refractivity contribution in [2.24, 2.45) is 0 Å². The van der Waals surface area contributed by atoms with E-state index in [-0.39, 0.29) is 24.3 Å². The summed E-state index contributed by atoms with van der Waals surface area (Å²) in [5.74, 6) is 0.634. The minimum absolute atomic E-state index is 0.00772. The Hall–Kier alpha value is -2.80. The predicted octanol–water partition coefficient (Wildman–Crippen LogP) is 3.67. The Morgan fingerprint density at radius 2 is 1.66 bits per heavy atom. The van der Waals surface area contributed by atoms with Gasteiger partial charge in [0.1, 0.15) is 0 Å². The number of anilines is 2. The van der Waals surface area contributed by atoms with Gasteiger partial charge in [0.25, 0.3) is 0 Å². The zero-order valence-corrected chi connectivity index (χ0v) is 17.8. The van der Waals surface area contributed by atoms with Crippen LogP contribution in [0.1, 0.15) is 25.0 Å². The summed E-state index contributed by atoms with van der Waals surface area (Å²) in [6.07, 6.45) is 0. The van der Waals surface area contributed by atoms with Gasteiger partial charge in [0.2, 0.25) is 17.7 Å². The fourth-order valence-corrected chi connectivity index (χ4v) is 3.61. The minimum atomic E-state index is -0.254. The lowest BCUT2D eigenvalue weighted by atomic mass is 10.2. The number of benzene rings is 2. The highest BCUT2D eigenvalue weighted by molar-refractivity contribution is 7.99. The Morgan fingerprint density at radius 3 is 2.24 bits per heavy atom. The Kier molecular flexibility index (Phi) is 8.73. The van der Waals surface area contributed by atoms with Gasteiger partial charge >= 0.3 is 0 Å². The van der Waals surface area contributed by atoms with E-state index in [2.05, 4.69) is 16.7 Å². The number of thioether (sulfide) groups is 1. The third kappa shape index (κ3) is 7.99. The maximum Gasteiger partial charge on any atom is 0.243 e. The molecule has 0 unspecified atom stereocenters. The highest BCUT2D eigenvalue weighted by atomic mass is 32.2. The highest BCUT2D eigenvalue weighted by Gasteiger charge is 2.15. The van der Waals surface area contributed by atoms with Crippen molar-refractivity contribution in [1.82, 2.24) is 4.90 Å². The van der Waals surface area contributed by atoms with Gasteiger partial charge in [0.15, 0.2) is 0 Å². The molecule has 0 aromatic heterocycles. The molecule has 6 nitrogen and oxygen atoms in total. The van der Waals surface area contributed by atoms with Crippen LogP contribution < -0.4 is 10.6 Å². The van der Waals surface area contributed by atoms with Gasteiger partial charge in [-0.1, -0.05) is 29.8 Å². The summed E-state index contributed by atoms with van der Waals surface area (Å²) in [5, 5.41) is 5.45. The summed E-state index contributed by atoms with van der Waals surface area (Å²) >= 11 is 1.55. The monoisotopic (exact) mass is 413 g/mol. The van der Waals surface area contributed by atoms with E-state index in [1.54, 1.807) is 40.9 Å². The van der Waals surface area contributed by atoms with Gasteiger partial charge in [-0.25, -0.2) is 0 Å². The van der Waals surface area contributed by atoms with E-state index in [0.717, 1.165) is 5.75 Å². The van der Waals surface area contributed by atoms with Crippen LogP contribution in [-0.4, -0.2) is 41.5 Å². The molecule has 29 heavy (non-hydrogen) atoms. The first-order valence-corrected chi connectivity index (χ1v) is 10.6. The topological polar surface area (TPSA) is 78.5 Å². The quantitative estimate of drug-likeness (QED) is 0.657. The van der Waals surface area contributed by atoms with E-state index in [0.29, 0.717) is 23.7 Å². The first-order chi connectivity index (χ1) is 13.9. The lowest BCUT2D eigenvalue weighted by Crippen LogP contribution is -2.38. The maximum absolute atomic E-state index is 12.5. The second-order valence-corrected chi connectivity index (χ2v) is 7.68. The van der Waals surface area contributed by atoms with Crippen LogP contribution in [0.25, 0.3) is 0 Å². The summed E-state index contributed by atoms with van der Waals surface area (Å²) in [6, 6.07) is 15.1. The molecule has 2 aromatic carbocycles. The van der Waals surface area contributed by atoms with Gasteiger partial charge in [0, 0.05) is 30.6 Å². The summed E-state index contributed by atoms with van der Waals surface area (Å²) < 4.78 is 0. The Bertz CT molecular complexity index is 853. The number of amides is 3. The first-order valence-electron chi connectivity index (χ1n) is 9.46. The largest absolute Gasteiger partial charge is 0.333 e. The number of carbonyl (C=O) groups is 3. The smallest absolute Gasteiger partial charge is 0.243 e. The fraction of sp³-hybridized carbons (Fsp3) is 0.318. The second kappa shape index (κ2) is 11.3. The molecule has 3 amide bonds. The molecule has 2 aromatic rings. The van der Waals surface area contributed by atoms with Crippen LogP contribution in [0.2, 0.25) is 0 Å². The van der Waals surface area contributed by atoms with Crippen LogP contribution in [0, 0.1) is 6.92 Å². The molecule has 0 aliphatic rings. The molecule has 0 saturated carbocycles. The van der Waals surface area contributed by atoms with Gasteiger partial charge in [-0.15, -0.1) is 11.8 Å². The van der Waals surface area contributed by atoms with Crippen molar-refractivity contribution in [3.05, 3.63) is 59.7 Å². The number of hydrogen-bond donors (Lipinski definition) is 2. The molecular formula is C22H27N3O3S. The average molecular weight is 414 g/mol. The number of rotatable bonds is 9. The molecule has 0 saturated heterocycles. The minimum Gasteiger partial charge on any atom is -0.333 e. The SMILES string of the molecule is CCN(CC(=O)Nc1ccc(NC(C)=O)cc1)C(=O)CSCc1cccc(C)c1. The van der Waals surface area contributed by atoms with E-state index < -0.39 is 0 Å². The summed E-state index contributed by atoms with van der Waals surface area (Å²) in [7, 11) is 0. The zero-order valence-electron chi connectivity index (χ0n) is 17.0. The van der Waals surface area contributed by atoms with Crippen molar-refractivity contribution >= 4 is 40.9 Å². The van der Waals surface area contributed by atoms with Crippen molar-refractivity contribution in [1.29, 1.82) is 0 Å². The van der Waals surface area contributed by atoms with Gasteiger partial charge in [0.05, 0.1) is 12.3 Å². The first kappa shape index (κ1) is 22.5. The molecule has 0 radical (unpaired) electrons. The molecule has 0 bridgehead atoms. The van der Waals surface area contributed by atoms with Crippen molar-refractivity contribution in [3.63, 3.8) is 0 Å². The van der Waals surface area contributed by atoms with Gasteiger partial charge < -0.3 is 15.5 Å². The van der Waals surface area contributed by atoms with E-state index in [1.807, 2.05) is 32.0 Å². The van der Waals surface area contributed by atoms with E-state index >= 15 is 0 Å². The van der Waals surface area contributed by atoms with Crippen LogP contribution in [0.5, 0.6) is 0 Å². The predicted molar refractivity (Wildman–Crippen MR) is 119 cm³/mol. The van der Waals surface area contributed by atoms with Crippen LogP contribution >= 0.6 is 11.8 Å². The number of likely N-dealkylation sites (N-methyl/N-ethyl adjacent to an activating group) is 1. The standard InChI is InChI=1S/C22H27N3O3S/c1-4-25(22(28)15-29-14-18-7-5-6-16(2)12-18)13-21(27)24-20-10-8-19(9-11-20)23-17(3)26/h5-12H,4,13-15H2,1-3H3,(H,23,26)(H,24,27). The molecule has 0 aliphatic heterocycles. The third-order valence-corrected chi connectivity index (χ3v) is 5.12. The highest BCUT2D eigenvalue weighted by Crippen LogP contribution is 2.15. The fourth-order valence-electron chi connectivity index (χ4n) is 2.74. The molecule has 0 atom stereocenters. The summed E-state index contributed by atoms with van der Waals surface area (Å²) in [5.41, 5.74) is 3.66. The molecule has 0 spiro atoms. The zero-order chi connectivity index (χ0) is 21.2. The number of nitrogens with one attached hydrogen (secondary N) is 2. The summed E-state index contributed by atoms with van der Waals surface area (Å²) in [6.45, 7) is 5.82. The molecule has 2 rings (SSSR count). The maximum atomic E-state index is 12.5. The molecule has 0 aliphatic carbocycles. The van der Waals surface area contributed by atoms with Crippen molar-refractivity contribution in [2.45, 2.75) is 26.5 Å². The van der Waals surface area contributed by atoms with Crippen molar-refractivity contribution in [3.8, 4) is 0 Å². The lowest BCUT2D eigenvalue weighted by Gasteiger charge is -2.20. The number of hydrogen-bond acceptors (Lipinski definition) is 4. The van der Waals surface area contributed by atoms with Crippen LogP contribution in [0.3, 0.4) is 0 Å². The number of carbonyl (C=O) groups excluding carboxylic acids is 3. The normalized spacial score (nSPS) is 10.3. The molecule has 0 heterocycles. The lowest BCUT2D eigenvalue weighted by molar-refractivity contribution is -0.132. The van der Waals surface area contributed by atoms with E-state index in [4.69, 9.17) is 0 Å². The molecule has 2 N–H and O–H groups in total. The van der Waals surface area contributed by atoms with Gasteiger partial charge in [-0.05, 0) is 43.7 Å². The molecule has 154 valence electrons. The average Bonchev–Trinajstić information content (AvgIpc) is 2.67.